The summed E-state index contributed by atoms with van der Waals surface area (Å²) >= 11 is 0. The summed E-state index contributed by atoms with van der Waals surface area (Å²) in [4.78, 5) is 32.9. The normalized spacial score (nSPS) is 14.8. The average molecular weight is 473 g/mol. The summed E-state index contributed by atoms with van der Waals surface area (Å²) < 4.78 is 33.6. The van der Waals surface area contributed by atoms with Crippen molar-refractivity contribution in [3.05, 3.63) is 47.5 Å². The van der Waals surface area contributed by atoms with Gasteiger partial charge in [0.15, 0.2) is 6.61 Å². The number of amides is 1. The van der Waals surface area contributed by atoms with Crippen LogP contribution in [0.4, 0.5) is 5.69 Å². The molecule has 0 spiro atoms. The van der Waals surface area contributed by atoms with Crippen LogP contribution in [-0.2, 0) is 19.6 Å². The molecule has 33 heavy (non-hydrogen) atoms. The summed E-state index contributed by atoms with van der Waals surface area (Å²) in [5.41, 5.74) is 1.77. The third kappa shape index (κ3) is 5.01. The molecule has 174 valence electrons. The molecule has 0 unspecified atom stereocenters. The molecule has 1 fully saturated rings. The van der Waals surface area contributed by atoms with Crippen molar-refractivity contribution in [3.63, 3.8) is 0 Å². The second-order valence-electron chi connectivity index (χ2n) is 7.80. The monoisotopic (exact) mass is 472 g/mol. The maximum Gasteiger partial charge on any atom is 0.378 e. The maximum atomic E-state index is 12.8. The van der Waals surface area contributed by atoms with Crippen molar-refractivity contribution in [2.75, 3.05) is 25.0 Å². The van der Waals surface area contributed by atoms with Crippen molar-refractivity contribution in [3.8, 4) is 0 Å². The Hall–Kier alpha value is -3.38. The molecule has 1 aliphatic rings. The quantitative estimate of drug-likeness (QED) is 0.536. The number of hydrogen-bond donors (Lipinski definition) is 1. The summed E-state index contributed by atoms with van der Waals surface area (Å²) in [6.07, 6.45) is 2.68. The molecule has 2 aromatic heterocycles. The lowest BCUT2D eigenvalue weighted by molar-refractivity contribution is -0.119. The first kappa shape index (κ1) is 22.8. The standard InChI is InChI=1S/C21H24N6O5S/c1-14-11-15(2)27-21(22-14)24-19(25-27)20(29)32-13-18(28)23-16-7-6-8-17(12-16)33(30,31)26-9-4-3-5-10-26/h6-8,11-12H,3-5,9-10,13H2,1-2H3,(H,23,28). The van der Waals surface area contributed by atoms with Crippen LogP contribution >= 0.6 is 0 Å². The van der Waals surface area contributed by atoms with Gasteiger partial charge in [-0.25, -0.2) is 22.7 Å². The van der Waals surface area contributed by atoms with Crippen LogP contribution in [-0.4, -0.2) is 63.9 Å². The molecule has 1 saturated heterocycles. The predicted octanol–water partition coefficient (Wildman–Crippen LogP) is 1.71. The first-order valence-electron chi connectivity index (χ1n) is 10.5. The Morgan fingerprint density at radius 1 is 1.09 bits per heavy atom. The van der Waals surface area contributed by atoms with Gasteiger partial charge in [0.25, 0.3) is 17.5 Å². The van der Waals surface area contributed by atoms with Gasteiger partial charge in [-0.1, -0.05) is 12.5 Å². The van der Waals surface area contributed by atoms with Gasteiger partial charge < -0.3 is 10.1 Å². The molecule has 3 heterocycles. The van der Waals surface area contributed by atoms with Gasteiger partial charge in [-0.05, 0) is 51.0 Å². The second-order valence-corrected chi connectivity index (χ2v) is 9.74. The first-order valence-corrected chi connectivity index (χ1v) is 12.0. The van der Waals surface area contributed by atoms with E-state index in [1.807, 2.05) is 0 Å². The number of nitrogens with zero attached hydrogens (tertiary/aromatic N) is 5. The summed E-state index contributed by atoms with van der Waals surface area (Å²) in [6.45, 7) is 4.00. The number of carbonyl (C=O) groups is 2. The van der Waals surface area contributed by atoms with Gasteiger partial charge in [-0.15, -0.1) is 5.10 Å². The van der Waals surface area contributed by atoms with E-state index in [0.717, 1.165) is 30.7 Å². The molecule has 11 nitrogen and oxygen atoms in total. The number of carbonyl (C=O) groups excluding carboxylic acids is 2. The lowest BCUT2D eigenvalue weighted by Gasteiger charge is -2.26. The minimum atomic E-state index is -3.63. The number of hydrogen-bond acceptors (Lipinski definition) is 8. The fraction of sp³-hybridized carbons (Fsp3) is 0.381. The first-order chi connectivity index (χ1) is 15.7. The molecule has 0 atom stereocenters. The van der Waals surface area contributed by atoms with E-state index in [-0.39, 0.29) is 22.2 Å². The highest BCUT2D eigenvalue weighted by Crippen LogP contribution is 2.22. The Kier molecular flexibility index (Phi) is 6.38. The van der Waals surface area contributed by atoms with Gasteiger partial charge in [0.05, 0.1) is 4.90 Å². The number of sulfonamides is 1. The number of piperidine rings is 1. The Balaban J connectivity index is 1.39. The van der Waals surface area contributed by atoms with Gasteiger partial charge >= 0.3 is 5.97 Å². The summed E-state index contributed by atoms with van der Waals surface area (Å²) in [7, 11) is -3.63. The highest BCUT2D eigenvalue weighted by molar-refractivity contribution is 7.89. The molecule has 1 amide bonds. The molecule has 1 aromatic carbocycles. The lowest BCUT2D eigenvalue weighted by Crippen LogP contribution is -2.35. The van der Waals surface area contributed by atoms with Gasteiger partial charge in [0.2, 0.25) is 10.0 Å². The number of nitrogens with one attached hydrogen (secondary N) is 1. The zero-order valence-electron chi connectivity index (χ0n) is 18.3. The molecule has 3 aromatic rings. The van der Waals surface area contributed by atoms with E-state index >= 15 is 0 Å². The van der Waals surface area contributed by atoms with E-state index in [1.54, 1.807) is 32.0 Å². The molecule has 0 saturated carbocycles. The fourth-order valence-corrected chi connectivity index (χ4v) is 5.20. The van der Waals surface area contributed by atoms with Crippen LogP contribution in [0.5, 0.6) is 0 Å². The molecule has 0 bridgehead atoms. The fourth-order valence-electron chi connectivity index (χ4n) is 3.63. The van der Waals surface area contributed by atoms with Crippen molar-refractivity contribution >= 4 is 33.4 Å². The number of benzene rings is 1. The maximum absolute atomic E-state index is 12.8. The predicted molar refractivity (Wildman–Crippen MR) is 118 cm³/mol. The SMILES string of the molecule is Cc1cc(C)n2nc(C(=O)OCC(=O)Nc3cccc(S(=O)(=O)N4CCCCC4)c3)nc2n1. The van der Waals surface area contributed by atoms with Crippen LogP contribution in [0.15, 0.2) is 35.2 Å². The number of aryl methyl sites for hydroxylation is 2. The number of aromatic nitrogens is 4. The molecule has 4 rings (SSSR count). The topological polar surface area (TPSA) is 136 Å². The van der Waals surface area contributed by atoms with Crippen molar-refractivity contribution in [1.29, 1.82) is 0 Å². The van der Waals surface area contributed by atoms with Crippen LogP contribution in [0, 0.1) is 13.8 Å². The highest BCUT2D eigenvalue weighted by atomic mass is 32.2. The molecule has 0 radical (unpaired) electrons. The second kappa shape index (κ2) is 9.24. The number of fused-ring (bicyclic) bond motifs is 1. The van der Waals surface area contributed by atoms with E-state index < -0.39 is 28.5 Å². The minimum absolute atomic E-state index is 0.103. The van der Waals surface area contributed by atoms with E-state index in [9.17, 15) is 18.0 Å². The van der Waals surface area contributed by atoms with E-state index in [4.69, 9.17) is 4.74 Å². The molecule has 12 heteroatoms. The molecular weight excluding hydrogens is 448 g/mol. The third-order valence-electron chi connectivity index (χ3n) is 5.21. The van der Waals surface area contributed by atoms with E-state index in [0.29, 0.717) is 13.1 Å². The number of ether oxygens (including phenoxy) is 1. The van der Waals surface area contributed by atoms with Crippen LogP contribution in [0.3, 0.4) is 0 Å². The zero-order valence-corrected chi connectivity index (χ0v) is 19.1. The molecular formula is C21H24N6O5S. The van der Waals surface area contributed by atoms with Crippen LogP contribution in [0.1, 0.15) is 41.3 Å². The molecule has 1 N–H and O–H groups in total. The van der Waals surface area contributed by atoms with Crippen LogP contribution in [0.2, 0.25) is 0 Å². The molecule has 1 aliphatic heterocycles. The summed E-state index contributed by atoms with van der Waals surface area (Å²) in [5, 5.41) is 6.61. The van der Waals surface area contributed by atoms with E-state index in [2.05, 4.69) is 20.4 Å². The van der Waals surface area contributed by atoms with Gasteiger partial charge in [-0.2, -0.15) is 9.29 Å². The Labute approximate surface area is 190 Å². The van der Waals surface area contributed by atoms with Crippen molar-refractivity contribution in [1.82, 2.24) is 23.9 Å². The van der Waals surface area contributed by atoms with Gasteiger partial charge in [-0.3, -0.25) is 4.79 Å². The third-order valence-corrected chi connectivity index (χ3v) is 7.10. The largest absolute Gasteiger partial charge is 0.450 e. The van der Waals surface area contributed by atoms with Crippen LogP contribution < -0.4 is 5.32 Å². The smallest absolute Gasteiger partial charge is 0.378 e. The number of anilines is 1. The van der Waals surface area contributed by atoms with Crippen LogP contribution in [0.25, 0.3) is 5.78 Å². The number of rotatable bonds is 6. The van der Waals surface area contributed by atoms with Gasteiger partial charge in [0, 0.05) is 30.2 Å². The van der Waals surface area contributed by atoms with Crippen molar-refractivity contribution in [2.24, 2.45) is 0 Å². The van der Waals surface area contributed by atoms with E-state index in [1.165, 1.54) is 21.0 Å². The Bertz CT molecular complexity index is 1310. The molecule has 0 aliphatic carbocycles. The minimum Gasteiger partial charge on any atom is -0.450 e. The summed E-state index contributed by atoms with van der Waals surface area (Å²) in [6, 6.07) is 7.80. The highest BCUT2D eigenvalue weighted by Gasteiger charge is 2.26. The Morgan fingerprint density at radius 2 is 1.85 bits per heavy atom. The van der Waals surface area contributed by atoms with Crippen molar-refractivity contribution < 1.29 is 22.7 Å². The number of esters is 1. The lowest BCUT2D eigenvalue weighted by atomic mass is 10.2. The van der Waals surface area contributed by atoms with Crippen molar-refractivity contribution in [2.45, 2.75) is 38.0 Å². The summed E-state index contributed by atoms with van der Waals surface area (Å²) in [5.74, 6) is -1.44. The zero-order chi connectivity index (χ0) is 23.6. The van der Waals surface area contributed by atoms with Gasteiger partial charge in [0.1, 0.15) is 0 Å². The Morgan fingerprint density at radius 3 is 2.61 bits per heavy atom. The average Bonchev–Trinajstić information content (AvgIpc) is 3.23.